The molecule has 460 valence electrons. The summed E-state index contributed by atoms with van der Waals surface area (Å²) in [6.45, 7) is 6.35. The highest BCUT2D eigenvalue weighted by Gasteiger charge is 2.19. The van der Waals surface area contributed by atoms with Crippen molar-refractivity contribution < 1.29 is 28.6 Å². The summed E-state index contributed by atoms with van der Waals surface area (Å²) in [7, 11) is 0. The fraction of sp³-hybridized carbons (Fsp3) is 0.592. The molecule has 0 aliphatic rings. The van der Waals surface area contributed by atoms with Crippen molar-refractivity contribution in [3.8, 4) is 0 Å². The molecule has 0 amide bonds. The highest BCUT2D eigenvalue weighted by Crippen LogP contribution is 2.14. The molecule has 0 aromatic heterocycles. The zero-order valence-corrected chi connectivity index (χ0v) is 52.7. The lowest BCUT2D eigenvalue weighted by molar-refractivity contribution is -0.167. The molecule has 6 nitrogen and oxygen atoms in total. The standard InChI is InChI=1S/C76H120O6/c1-4-7-10-13-16-19-22-25-28-31-33-34-35-36-37-38-39-40-41-42-44-45-48-51-54-57-60-63-66-69-75(78)81-72-73(71-80-74(77)68-65-62-59-56-53-50-47-30-27-24-21-18-15-12-9-6-3)82-76(79)70-67-64-61-58-55-52-49-46-43-32-29-26-23-20-17-14-11-8-5-2/h7-8,10-11,16-17,19-21,24-26,28-30,33-34,36-37,39-40,42-44,46-48,51,73H,4-6,9,12-15,18,22-23,27,31-32,35,38,41,45,49-50,52-72H2,1-3H3/b10-7-,11-8-,19-16-,20-17-,24-21-,28-25-,29-26-,34-33-,37-36-,40-39-,44-42-,46-43-,47-30-,51-48-. The van der Waals surface area contributed by atoms with Gasteiger partial charge in [-0.2, -0.15) is 0 Å². The third-order valence-corrected chi connectivity index (χ3v) is 13.4. The van der Waals surface area contributed by atoms with Crippen molar-refractivity contribution in [3.05, 3.63) is 170 Å². The molecule has 6 heteroatoms. The predicted molar refractivity (Wildman–Crippen MR) is 357 cm³/mol. The average Bonchev–Trinajstić information content (AvgIpc) is 3.47. The molecule has 0 fully saturated rings. The smallest absolute Gasteiger partial charge is 0.306 e. The Morgan fingerprint density at radius 2 is 0.476 bits per heavy atom. The summed E-state index contributed by atoms with van der Waals surface area (Å²) < 4.78 is 16.9. The molecule has 0 aliphatic carbocycles. The maximum Gasteiger partial charge on any atom is 0.306 e. The molecule has 82 heavy (non-hydrogen) atoms. The van der Waals surface area contributed by atoms with Crippen LogP contribution in [0.25, 0.3) is 0 Å². The van der Waals surface area contributed by atoms with Gasteiger partial charge < -0.3 is 14.2 Å². The SMILES string of the molecule is CC/C=C\C/C=C\C/C=C\C/C=C\C/C=C\C/C=C\C/C=C\C/C=C\CCCCCCC(=O)OCC(COC(=O)CCCCCCC/C=C\C/C=C\CCCCCC)OC(=O)CCCCCCCC/C=C\C/C=C\C/C=C\C/C=C\CC. The third-order valence-electron chi connectivity index (χ3n) is 13.4. The largest absolute Gasteiger partial charge is 0.462 e. The van der Waals surface area contributed by atoms with E-state index in [1.807, 2.05) is 0 Å². The summed E-state index contributed by atoms with van der Waals surface area (Å²) in [6, 6.07) is 0. The number of carbonyl (C=O) groups is 3. The van der Waals surface area contributed by atoms with Crippen molar-refractivity contribution in [1.82, 2.24) is 0 Å². The predicted octanol–water partition coefficient (Wildman–Crippen LogP) is 23.0. The number of unbranched alkanes of at least 4 members (excludes halogenated alkanes) is 19. The maximum atomic E-state index is 12.9. The monoisotopic (exact) mass is 1130 g/mol. The Morgan fingerprint density at radius 3 is 0.744 bits per heavy atom. The summed E-state index contributed by atoms with van der Waals surface area (Å²) >= 11 is 0. The Labute approximate surface area is 504 Å². The van der Waals surface area contributed by atoms with Gasteiger partial charge in [0.15, 0.2) is 6.10 Å². The van der Waals surface area contributed by atoms with Crippen LogP contribution in [-0.4, -0.2) is 37.2 Å². The van der Waals surface area contributed by atoms with E-state index in [-0.39, 0.29) is 31.1 Å². The van der Waals surface area contributed by atoms with E-state index in [2.05, 4.69) is 191 Å². The van der Waals surface area contributed by atoms with Gasteiger partial charge >= 0.3 is 17.9 Å². The first-order chi connectivity index (χ1) is 40.5. The first-order valence-corrected chi connectivity index (χ1v) is 33.1. The number of hydrogen-bond acceptors (Lipinski definition) is 6. The van der Waals surface area contributed by atoms with Gasteiger partial charge in [-0.15, -0.1) is 0 Å². The van der Waals surface area contributed by atoms with Crippen LogP contribution in [0.3, 0.4) is 0 Å². The molecule has 0 aromatic rings. The van der Waals surface area contributed by atoms with Gasteiger partial charge in [0.1, 0.15) is 13.2 Å². The van der Waals surface area contributed by atoms with Crippen molar-refractivity contribution in [3.63, 3.8) is 0 Å². The van der Waals surface area contributed by atoms with E-state index in [4.69, 9.17) is 14.2 Å². The minimum atomic E-state index is -0.814. The molecule has 0 spiro atoms. The van der Waals surface area contributed by atoms with E-state index < -0.39 is 6.10 Å². The zero-order valence-electron chi connectivity index (χ0n) is 52.7. The number of carbonyl (C=O) groups excluding carboxylic acids is 3. The Balaban J connectivity index is 4.48. The fourth-order valence-corrected chi connectivity index (χ4v) is 8.54. The molecule has 0 N–H and O–H groups in total. The van der Waals surface area contributed by atoms with Crippen LogP contribution in [0.15, 0.2) is 170 Å². The highest BCUT2D eigenvalue weighted by atomic mass is 16.6. The molecule has 0 radical (unpaired) electrons. The van der Waals surface area contributed by atoms with E-state index in [9.17, 15) is 14.4 Å². The molecule has 0 aliphatic heterocycles. The first kappa shape index (κ1) is 76.8. The van der Waals surface area contributed by atoms with Gasteiger partial charge in [-0.1, -0.05) is 268 Å². The minimum absolute atomic E-state index is 0.107. The zero-order chi connectivity index (χ0) is 59.2. The number of hydrogen-bond donors (Lipinski definition) is 0. The second kappa shape index (κ2) is 68.3. The molecule has 0 saturated carbocycles. The number of esters is 3. The van der Waals surface area contributed by atoms with Gasteiger partial charge in [0.05, 0.1) is 0 Å². The van der Waals surface area contributed by atoms with Crippen LogP contribution in [0.4, 0.5) is 0 Å². The molecular formula is C76H120O6. The number of rotatable bonds is 58. The Hall–Kier alpha value is -5.23. The molecule has 1 atom stereocenters. The Kier molecular flexibility index (Phi) is 63.9. The van der Waals surface area contributed by atoms with Gasteiger partial charge in [-0.3, -0.25) is 14.4 Å². The molecule has 0 saturated heterocycles. The highest BCUT2D eigenvalue weighted by molar-refractivity contribution is 5.71. The van der Waals surface area contributed by atoms with Crippen LogP contribution in [0.2, 0.25) is 0 Å². The summed E-state index contributed by atoms with van der Waals surface area (Å²) in [4.78, 5) is 38.4. The average molecular weight is 1130 g/mol. The van der Waals surface area contributed by atoms with Crippen molar-refractivity contribution >= 4 is 17.9 Å². The van der Waals surface area contributed by atoms with E-state index in [1.165, 1.54) is 44.9 Å². The number of ether oxygens (including phenoxy) is 3. The van der Waals surface area contributed by atoms with Gasteiger partial charge in [-0.25, -0.2) is 0 Å². The second-order valence-corrected chi connectivity index (χ2v) is 21.3. The summed E-state index contributed by atoms with van der Waals surface area (Å²) in [5.74, 6) is -0.962. The molecule has 0 bridgehead atoms. The summed E-state index contributed by atoms with van der Waals surface area (Å²) in [5.41, 5.74) is 0. The van der Waals surface area contributed by atoms with Crippen molar-refractivity contribution in [2.75, 3.05) is 13.2 Å². The molecule has 0 rings (SSSR count). The van der Waals surface area contributed by atoms with Crippen LogP contribution in [0, 0.1) is 0 Å². The lowest BCUT2D eigenvalue weighted by Crippen LogP contribution is -2.30. The van der Waals surface area contributed by atoms with Crippen molar-refractivity contribution in [2.24, 2.45) is 0 Å². The first-order valence-electron chi connectivity index (χ1n) is 33.1. The lowest BCUT2D eigenvalue weighted by atomic mass is 10.1. The topological polar surface area (TPSA) is 78.9 Å². The lowest BCUT2D eigenvalue weighted by Gasteiger charge is -2.18. The molecular weight excluding hydrogens is 1010 g/mol. The quantitative estimate of drug-likeness (QED) is 0.0261. The van der Waals surface area contributed by atoms with E-state index in [0.29, 0.717) is 19.3 Å². The Bertz CT molecular complexity index is 1870. The van der Waals surface area contributed by atoms with E-state index in [1.54, 1.807) is 0 Å². The van der Waals surface area contributed by atoms with Gasteiger partial charge in [0, 0.05) is 19.3 Å². The van der Waals surface area contributed by atoms with Crippen LogP contribution in [0.1, 0.15) is 271 Å². The summed E-state index contributed by atoms with van der Waals surface area (Å²) in [5, 5.41) is 0. The van der Waals surface area contributed by atoms with Crippen molar-refractivity contribution in [2.45, 2.75) is 277 Å². The minimum Gasteiger partial charge on any atom is -0.462 e. The van der Waals surface area contributed by atoms with Crippen LogP contribution >= 0.6 is 0 Å². The second-order valence-electron chi connectivity index (χ2n) is 21.3. The summed E-state index contributed by atoms with van der Waals surface area (Å²) in [6.07, 6.45) is 101. The van der Waals surface area contributed by atoms with E-state index in [0.717, 1.165) is 186 Å². The maximum absolute atomic E-state index is 12.9. The van der Waals surface area contributed by atoms with Crippen molar-refractivity contribution in [1.29, 1.82) is 0 Å². The number of allylic oxidation sites excluding steroid dienone is 28. The Morgan fingerprint density at radius 1 is 0.256 bits per heavy atom. The van der Waals surface area contributed by atoms with Gasteiger partial charge in [0.2, 0.25) is 0 Å². The van der Waals surface area contributed by atoms with Crippen LogP contribution in [0.5, 0.6) is 0 Å². The normalized spacial score (nSPS) is 13.3. The van der Waals surface area contributed by atoms with Crippen LogP contribution < -0.4 is 0 Å². The molecule has 0 heterocycles. The molecule has 1 unspecified atom stereocenters. The van der Waals surface area contributed by atoms with Gasteiger partial charge in [-0.05, 0) is 154 Å². The van der Waals surface area contributed by atoms with Crippen LogP contribution in [-0.2, 0) is 28.6 Å². The molecule has 0 aromatic carbocycles. The third kappa shape index (κ3) is 65.6. The van der Waals surface area contributed by atoms with Gasteiger partial charge in [0.25, 0.3) is 0 Å². The fourth-order valence-electron chi connectivity index (χ4n) is 8.54. The van der Waals surface area contributed by atoms with E-state index >= 15 is 0 Å².